The maximum Gasteiger partial charge on any atom is 0.130 e. The van der Waals surface area contributed by atoms with E-state index >= 15 is 0 Å². The van der Waals surface area contributed by atoms with Crippen molar-refractivity contribution in [3.05, 3.63) is 140 Å². The summed E-state index contributed by atoms with van der Waals surface area (Å²) >= 11 is 6.57. The molecule has 204 valence electrons. The Bertz CT molecular complexity index is 1270. The summed E-state index contributed by atoms with van der Waals surface area (Å²) in [5.74, 6) is -0.962. The van der Waals surface area contributed by atoms with E-state index in [-0.39, 0.29) is 36.8 Å². The number of halogens is 4. The van der Waals surface area contributed by atoms with Gasteiger partial charge in [0.25, 0.3) is 0 Å². The molecule has 0 saturated carbocycles. The summed E-state index contributed by atoms with van der Waals surface area (Å²) in [5.41, 5.74) is -0.646. The molecular formula is C32H31Br2F2NO2. The summed E-state index contributed by atoms with van der Waals surface area (Å²) in [4.78, 5) is 0. The number of hydrogen-bond acceptors (Lipinski definition) is 3. The lowest BCUT2D eigenvalue weighted by molar-refractivity contribution is 0.0181. The lowest BCUT2D eigenvalue weighted by Gasteiger charge is -2.31. The van der Waals surface area contributed by atoms with Crippen LogP contribution in [0.5, 0.6) is 0 Å². The van der Waals surface area contributed by atoms with Crippen LogP contribution in [0.25, 0.3) is 0 Å². The zero-order valence-electron chi connectivity index (χ0n) is 21.4. The SMILES string of the molecule is OC(CCNCCC(O)(Cc1ccccc1)c1ccc(Br)cc1F)(Cc1ccccc1)c1ccc(Br)cc1F. The molecule has 0 saturated heterocycles. The van der Waals surface area contributed by atoms with Gasteiger partial charge in [-0.25, -0.2) is 8.78 Å². The van der Waals surface area contributed by atoms with Crippen LogP contribution >= 0.6 is 31.9 Å². The highest BCUT2D eigenvalue weighted by atomic mass is 79.9. The van der Waals surface area contributed by atoms with Gasteiger partial charge >= 0.3 is 0 Å². The van der Waals surface area contributed by atoms with Gasteiger partial charge in [0.05, 0.1) is 11.2 Å². The number of aliphatic hydroxyl groups is 2. The summed E-state index contributed by atoms with van der Waals surface area (Å²) in [6, 6.07) is 28.4. The van der Waals surface area contributed by atoms with E-state index in [1.54, 1.807) is 24.3 Å². The molecule has 3 nitrogen and oxygen atoms in total. The van der Waals surface area contributed by atoms with E-state index < -0.39 is 22.8 Å². The average Bonchev–Trinajstić information content (AvgIpc) is 2.89. The number of nitrogens with one attached hydrogen (secondary N) is 1. The fraction of sp³-hybridized carbons (Fsp3) is 0.250. The fourth-order valence-electron chi connectivity index (χ4n) is 4.95. The Balaban J connectivity index is 1.48. The molecule has 0 heterocycles. The molecular weight excluding hydrogens is 628 g/mol. The Morgan fingerprint density at radius 3 is 1.33 bits per heavy atom. The summed E-state index contributed by atoms with van der Waals surface area (Å²) < 4.78 is 31.1. The van der Waals surface area contributed by atoms with Gasteiger partial charge in [0.15, 0.2) is 0 Å². The molecule has 2 unspecified atom stereocenters. The van der Waals surface area contributed by atoms with Gasteiger partial charge in [0, 0.05) is 32.9 Å². The maximum atomic E-state index is 15.0. The van der Waals surface area contributed by atoms with Gasteiger partial charge < -0.3 is 15.5 Å². The van der Waals surface area contributed by atoms with Crippen molar-refractivity contribution in [1.82, 2.24) is 5.32 Å². The molecule has 39 heavy (non-hydrogen) atoms. The van der Waals surface area contributed by atoms with E-state index in [1.807, 2.05) is 60.7 Å². The smallest absolute Gasteiger partial charge is 0.130 e. The van der Waals surface area contributed by atoms with Crippen molar-refractivity contribution in [2.75, 3.05) is 13.1 Å². The van der Waals surface area contributed by atoms with Crippen molar-refractivity contribution >= 4 is 31.9 Å². The second kappa shape index (κ2) is 13.3. The predicted octanol–water partition coefficient (Wildman–Crippen LogP) is 7.42. The lowest BCUT2D eigenvalue weighted by Crippen LogP contribution is -2.37. The topological polar surface area (TPSA) is 52.5 Å². The van der Waals surface area contributed by atoms with E-state index in [9.17, 15) is 19.0 Å². The Morgan fingerprint density at radius 1 is 0.590 bits per heavy atom. The van der Waals surface area contributed by atoms with Crippen LogP contribution in [-0.2, 0) is 24.0 Å². The summed E-state index contributed by atoms with van der Waals surface area (Å²) in [6.07, 6.45) is 0.973. The standard InChI is InChI=1S/C32H31Br2F2NO2/c33-25-11-13-27(29(35)19-25)31(38,21-23-7-3-1-4-8-23)15-17-37-18-16-32(39,22-24-9-5-2-6-10-24)28-14-12-26(34)20-30(28)36/h1-14,19-20,37-39H,15-18,21-22H2. The van der Waals surface area contributed by atoms with Crippen LogP contribution in [0, 0.1) is 11.6 Å². The molecule has 0 aromatic heterocycles. The first-order valence-corrected chi connectivity index (χ1v) is 14.4. The summed E-state index contributed by atoms with van der Waals surface area (Å²) in [6.45, 7) is 0.728. The number of hydrogen-bond donors (Lipinski definition) is 3. The molecule has 7 heteroatoms. The van der Waals surface area contributed by atoms with Crippen LogP contribution in [0.15, 0.2) is 106 Å². The summed E-state index contributed by atoms with van der Waals surface area (Å²) in [5, 5.41) is 26.7. The Kier molecular flexibility index (Phi) is 10.1. The second-order valence-corrected chi connectivity index (χ2v) is 11.7. The Hall–Kier alpha value is -2.42. The van der Waals surface area contributed by atoms with Crippen LogP contribution in [0.4, 0.5) is 8.78 Å². The first-order chi connectivity index (χ1) is 18.7. The molecule has 0 spiro atoms. The molecule has 4 aromatic carbocycles. The first kappa shape index (κ1) is 29.6. The van der Waals surface area contributed by atoms with Gasteiger partial charge in [0.1, 0.15) is 11.6 Å². The van der Waals surface area contributed by atoms with Gasteiger partial charge in [-0.2, -0.15) is 0 Å². The normalized spacial score (nSPS) is 14.5. The third-order valence-corrected chi connectivity index (χ3v) is 7.96. The first-order valence-electron chi connectivity index (χ1n) is 12.8. The minimum Gasteiger partial charge on any atom is -0.385 e. The second-order valence-electron chi connectivity index (χ2n) is 9.89. The van der Waals surface area contributed by atoms with Crippen molar-refractivity contribution in [3.8, 4) is 0 Å². The largest absolute Gasteiger partial charge is 0.385 e. The highest BCUT2D eigenvalue weighted by Gasteiger charge is 2.34. The number of benzene rings is 4. The van der Waals surface area contributed by atoms with E-state index in [0.29, 0.717) is 22.0 Å². The monoisotopic (exact) mass is 657 g/mol. The predicted molar refractivity (Wildman–Crippen MR) is 158 cm³/mol. The fourth-order valence-corrected chi connectivity index (χ4v) is 5.62. The van der Waals surface area contributed by atoms with Crippen molar-refractivity contribution in [3.63, 3.8) is 0 Å². The molecule has 0 radical (unpaired) electrons. The van der Waals surface area contributed by atoms with Crippen LogP contribution < -0.4 is 5.32 Å². The maximum absolute atomic E-state index is 15.0. The highest BCUT2D eigenvalue weighted by molar-refractivity contribution is 9.10. The van der Waals surface area contributed by atoms with E-state index in [4.69, 9.17) is 0 Å². The van der Waals surface area contributed by atoms with Gasteiger partial charge in [-0.15, -0.1) is 0 Å². The molecule has 4 aromatic rings. The van der Waals surface area contributed by atoms with Crippen molar-refractivity contribution in [2.24, 2.45) is 0 Å². The Labute approximate surface area is 245 Å². The minimum absolute atomic E-state index is 0.230. The molecule has 0 bridgehead atoms. The van der Waals surface area contributed by atoms with Gasteiger partial charge in [-0.1, -0.05) is 105 Å². The minimum atomic E-state index is -1.45. The average molecular weight is 659 g/mol. The van der Waals surface area contributed by atoms with Crippen LogP contribution in [0.1, 0.15) is 35.1 Å². The van der Waals surface area contributed by atoms with Crippen molar-refractivity contribution in [1.29, 1.82) is 0 Å². The Morgan fingerprint density at radius 2 is 0.974 bits per heavy atom. The molecule has 0 aliphatic carbocycles. The van der Waals surface area contributed by atoms with Crippen molar-refractivity contribution < 1.29 is 19.0 Å². The van der Waals surface area contributed by atoms with Gasteiger partial charge in [-0.05, 0) is 61.3 Å². The third-order valence-electron chi connectivity index (χ3n) is 6.97. The molecule has 4 rings (SSSR count). The van der Waals surface area contributed by atoms with E-state index in [0.717, 1.165) is 11.1 Å². The molecule has 0 aliphatic rings. The molecule has 2 atom stereocenters. The lowest BCUT2D eigenvalue weighted by atomic mass is 9.83. The molecule has 0 fully saturated rings. The van der Waals surface area contributed by atoms with Crippen LogP contribution in [-0.4, -0.2) is 23.3 Å². The summed E-state index contributed by atoms with van der Waals surface area (Å²) in [7, 11) is 0. The highest BCUT2D eigenvalue weighted by Crippen LogP contribution is 2.34. The van der Waals surface area contributed by atoms with Crippen LogP contribution in [0.2, 0.25) is 0 Å². The quantitative estimate of drug-likeness (QED) is 0.139. The zero-order valence-corrected chi connectivity index (χ0v) is 24.6. The molecule has 0 amide bonds. The van der Waals surface area contributed by atoms with Gasteiger partial charge in [-0.3, -0.25) is 0 Å². The zero-order chi connectivity index (χ0) is 27.9. The third kappa shape index (κ3) is 7.83. The van der Waals surface area contributed by atoms with Crippen LogP contribution in [0.3, 0.4) is 0 Å². The van der Waals surface area contributed by atoms with Crippen molar-refractivity contribution in [2.45, 2.75) is 36.9 Å². The number of rotatable bonds is 12. The van der Waals surface area contributed by atoms with Gasteiger partial charge in [0.2, 0.25) is 0 Å². The molecule has 0 aliphatic heterocycles. The van der Waals surface area contributed by atoms with E-state index in [1.165, 1.54) is 12.1 Å². The van der Waals surface area contributed by atoms with E-state index in [2.05, 4.69) is 37.2 Å². The molecule has 3 N–H and O–H groups in total.